The van der Waals surface area contributed by atoms with Gasteiger partial charge in [0.25, 0.3) is 0 Å². The van der Waals surface area contributed by atoms with Gasteiger partial charge in [0, 0.05) is 16.7 Å². The minimum absolute atomic E-state index is 0.249. The third-order valence-electron chi connectivity index (χ3n) is 4.50. The molecule has 1 aliphatic heterocycles. The van der Waals surface area contributed by atoms with Gasteiger partial charge in [-0.1, -0.05) is 60.7 Å². The minimum Gasteiger partial charge on any atom is -0.454 e. The molecule has 0 saturated carbocycles. The van der Waals surface area contributed by atoms with E-state index in [1.54, 1.807) is 0 Å². The molecule has 4 aromatic rings. The van der Waals surface area contributed by atoms with Gasteiger partial charge >= 0.3 is 0 Å². The van der Waals surface area contributed by atoms with Crippen molar-refractivity contribution in [1.29, 1.82) is 0 Å². The molecule has 0 unspecified atom stereocenters. The lowest BCUT2D eigenvalue weighted by Gasteiger charge is -2.09. The molecule has 1 aromatic heterocycles. The van der Waals surface area contributed by atoms with E-state index in [0.29, 0.717) is 5.82 Å². The van der Waals surface area contributed by atoms with Crippen LogP contribution in [0.1, 0.15) is 0 Å². The van der Waals surface area contributed by atoms with Gasteiger partial charge in [-0.15, -0.1) is 0 Å². The zero-order valence-electron chi connectivity index (χ0n) is 14.5. The Balaban J connectivity index is 1.68. The summed E-state index contributed by atoms with van der Waals surface area (Å²) in [7, 11) is 0. The van der Waals surface area contributed by atoms with Crippen LogP contribution < -0.4 is 9.47 Å². The first kappa shape index (κ1) is 15.6. The highest BCUT2D eigenvalue weighted by atomic mass is 16.7. The molecule has 0 aliphatic carbocycles. The highest BCUT2D eigenvalue weighted by Gasteiger charge is 2.16. The zero-order chi connectivity index (χ0) is 18.1. The van der Waals surface area contributed by atoms with Crippen molar-refractivity contribution in [1.82, 2.24) is 9.97 Å². The van der Waals surface area contributed by atoms with Crippen LogP contribution in [0.4, 0.5) is 0 Å². The number of rotatable bonds is 3. The van der Waals surface area contributed by atoms with Gasteiger partial charge in [0.15, 0.2) is 17.3 Å². The molecule has 0 bridgehead atoms. The Bertz CT molecular complexity index is 1040. The molecule has 4 nitrogen and oxygen atoms in total. The first-order valence-corrected chi connectivity index (χ1v) is 8.77. The third-order valence-corrected chi connectivity index (χ3v) is 4.50. The van der Waals surface area contributed by atoms with E-state index in [4.69, 9.17) is 19.4 Å². The Morgan fingerprint density at radius 3 is 1.78 bits per heavy atom. The topological polar surface area (TPSA) is 44.2 Å². The van der Waals surface area contributed by atoms with Gasteiger partial charge < -0.3 is 9.47 Å². The molecule has 27 heavy (non-hydrogen) atoms. The molecule has 3 aromatic carbocycles. The maximum atomic E-state index is 5.51. The van der Waals surface area contributed by atoms with Crippen LogP contribution in [-0.4, -0.2) is 16.8 Å². The van der Waals surface area contributed by atoms with Crippen molar-refractivity contribution in [2.45, 2.75) is 0 Å². The molecule has 0 atom stereocenters. The Morgan fingerprint density at radius 1 is 0.556 bits per heavy atom. The van der Waals surface area contributed by atoms with E-state index < -0.39 is 0 Å². The lowest BCUT2D eigenvalue weighted by molar-refractivity contribution is 0.174. The predicted molar refractivity (Wildman–Crippen MR) is 104 cm³/mol. The van der Waals surface area contributed by atoms with Gasteiger partial charge in [0.05, 0.1) is 11.4 Å². The Kier molecular flexibility index (Phi) is 3.79. The summed E-state index contributed by atoms with van der Waals surface area (Å²) < 4.78 is 10.9. The Morgan fingerprint density at radius 2 is 1.15 bits per heavy atom. The van der Waals surface area contributed by atoms with Crippen molar-refractivity contribution >= 4 is 0 Å². The molecule has 0 amide bonds. The average molecular weight is 352 g/mol. The van der Waals surface area contributed by atoms with Crippen molar-refractivity contribution in [2.24, 2.45) is 0 Å². The van der Waals surface area contributed by atoms with E-state index in [2.05, 4.69) is 24.3 Å². The van der Waals surface area contributed by atoms with Crippen LogP contribution in [0.2, 0.25) is 0 Å². The van der Waals surface area contributed by atoms with Gasteiger partial charge in [0.2, 0.25) is 6.79 Å². The number of ether oxygens (including phenoxy) is 2. The number of hydrogen-bond donors (Lipinski definition) is 0. The lowest BCUT2D eigenvalue weighted by Crippen LogP contribution is -1.96. The first-order valence-electron chi connectivity index (χ1n) is 8.77. The van der Waals surface area contributed by atoms with Crippen molar-refractivity contribution in [2.75, 3.05) is 6.79 Å². The van der Waals surface area contributed by atoms with Crippen LogP contribution in [0.3, 0.4) is 0 Å². The van der Waals surface area contributed by atoms with Crippen molar-refractivity contribution in [3.8, 4) is 45.4 Å². The smallest absolute Gasteiger partial charge is 0.231 e. The van der Waals surface area contributed by atoms with Crippen LogP contribution in [0.5, 0.6) is 11.5 Å². The third kappa shape index (κ3) is 3.02. The maximum Gasteiger partial charge on any atom is 0.231 e. The van der Waals surface area contributed by atoms with E-state index in [-0.39, 0.29) is 6.79 Å². The first-order chi connectivity index (χ1) is 13.4. The van der Waals surface area contributed by atoms with Crippen molar-refractivity contribution < 1.29 is 9.47 Å². The number of nitrogens with zero attached hydrogens (tertiary/aromatic N) is 2. The molecule has 0 spiro atoms. The minimum atomic E-state index is 0.249. The molecule has 4 heteroatoms. The average Bonchev–Trinajstić information content (AvgIpc) is 3.22. The monoisotopic (exact) mass is 352 g/mol. The van der Waals surface area contributed by atoms with Gasteiger partial charge in [-0.25, -0.2) is 9.97 Å². The number of fused-ring (bicyclic) bond motifs is 1. The van der Waals surface area contributed by atoms with E-state index in [9.17, 15) is 0 Å². The second-order valence-corrected chi connectivity index (χ2v) is 6.26. The summed E-state index contributed by atoms with van der Waals surface area (Å²) in [5.74, 6) is 2.14. The summed E-state index contributed by atoms with van der Waals surface area (Å²) in [4.78, 5) is 9.63. The molecule has 5 rings (SSSR count). The summed E-state index contributed by atoms with van der Waals surface area (Å²) in [6.45, 7) is 0.249. The normalized spacial score (nSPS) is 12.1. The van der Waals surface area contributed by atoms with Crippen LogP contribution in [-0.2, 0) is 0 Å². The summed E-state index contributed by atoms with van der Waals surface area (Å²) in [6, 6.07) is 28.1. The molecular weight excluding hydrogens is 336 g/mol. The zero-order valence-corrected chi connectivity index (χ0v) is 14.5. The second-order valence-electron chi connectivity index (χ2n) is 6.26. The van der Waals surface area contributed by atoms with Gasteiger partial charge in [-0.2, -0.15) is 0 Å². The molecule has 0 fully saturated rings. The van der Waals surface area contributed by atoms with Crippen LogP contribution >= 0.6 is 0 Å². The second kappa shape index (κ2) is 6.57. The fraction of sp³-hybridized carbons (Fsp3) is 0.0435. The summed E-state index contributed by atoms with van der Waals surface area (Å²) in [6.07, 6.45) is 0. The fourth-order valence-electron chi connectivity index (χ4n) is 3.13. The molecule has 130 valence electrons. The van der Waals surface area contributed by atoms with Gasteiger partial charge in [-0.3, -0.25) is 0 Å². The highest BCUT2D eigenvalue weighted by Crippen LogP contribution is 2.36. The van der Waals surface area contributed by atoms with Crippen LogP contribution in [0.25, 0.3) is 33.9 Å². The quantitative estimate of drug-likeness (QED) is 0.508. The molecule has 0 radical (unpaired) electrons. The van der Waals surface area contributed by atoms with Crippen LogP contribution in [0.15, 0.2) is 84.9 Å². The van der Waals surface area contributed by atoms with E-state index in [0.717, 1.165) is 39.6 Å². The summed E-state index contributed by atoms with van der Waals surface area (Å²) >= 11 is 0. The molecule has 0 saturated heterocycles. The molecule has 2 heterocycles. The van der Waals surface area contributed by atoms with Gasteiger partial charge in [-0.05, 0) is 24.3 Å². The number of hydrogen-bond acceptors (Lipinski definition) is 4. The Hall–Kier alpha value is -3.66. The Labute approximate surface area is 157 Å². The van der Waals surface area contributed by atoms with Crippen molar-refractivity contribution in [3.05, 3.63) is 84.9 Å². The highest BCUT2D eigenvalue weighted by molar-refractivity contribution is 5.72. The largest absolute Gasteiger partial charge is 0.454 e. The van der Waals surface area contributed by atoms with Crippen molar-refractivity contribution in [3.63, 3.8) is 0 Å². The fourth-order valence-corrected chi connectivity index (χ4v) is 3.13. The van der Waals surface area contributed by atoms with E-state index in [1.807, 2.05) is 60.7 Å². The molecule has 0 N–H and O–H groups in total. The van der Waals surface area contributed by atoms with Gasteiger partial charge in [0.1, 0.15) is 0 Å². The lowest BCUT2D eigenvalue weighted by atomic mass is 10.1. The standard InChI is InChI=1S/C23H16N2O2/c1-3-7-16(8-4-1)19-14-20(17-9-5-2-6-10-17)25-23(24-19)18-11-12-21-22(13-18)27-15-26-21/h1-14H,15H2. The molecular formula is C23H16N2O2. The van der Waals surface area contributed by atoms with Crippen LogP contribution in [0, 0.1) is 0 Å². The summed E-state index contributed by atoms with van der Waals surface area (Å²) in [5, 5.41) is 0. The maximum absolute atomic E-state index is 5.51. The predicted octanol–water partition coefficient (Wildman–Crippen LogP) is 5.21. The molecule has 1 aliphatic rings. The summed E-state index contributed by atoms with van der Waals surface area (Å²) in [5.41, 5.74) is 4.78. The SMILES string of the molecule is c1ccc(-c2cc(-c3ccccc3)nc(-c3ccc4c(c3)OCO4)n2)cc1. The van der Waals surface area contributed by atoms with E-state index >= 15 is 0 Å². The number of benzene rings is 3. The van der Waals surface area contributed by atoms with E-state index in [1.165, 1.54) is 0 Å². The number of aromatic nitrogens is 2.